The summed E-state index contributed by atoms with van der Waals surface area (Å²) in [5.41, 5.74) is 5.66. The lowest BCUT2D eigenvalue weighted by Gasteiger charge is -2.22. The Balaban J connectivity index is 1.67. The minimum Gasteiger partial charge on any atom is -0.355 e. The van der Waals surface area contributed by atoms with E-state index in [0.717, 1.165) is 25.4 Å². The van der Waals surface area contributed by atoms with Crippen molar-refractivity contribution in [3.05, 3.63) is 0 Å². The number of rotatable bonds is 5. The molecule has 0 aromatic heterocycles. The van der Waals surface area contributed by atoms with E-state index in [4.69, 9.17) is 5.73 Å². The molecule has 1 saturated heterocycles. The van der Waals surface area contributed by atoms with Crippen molar-refractivity contribution in [3.63, 3.8) is 0 Å². The van der Waals surface area contributed by atoms with Gasteiger partial charge >= 0.3 is 0 Å². The smallest absolute Gasteiger partial charge is 0.234 e. The second-order valence-corrected chi connectivity index (χ2v) is 4.75. The van der Waals surface area contributed by atoms with Crippen molar-refractivity contribution in [2.24, 2.45) is 11.7 Å². The van der Waals surface area contributed by atoms with Gasteiger partial charge in [0, 0.05) is 19.1 Å². The van der Waals surface area contributed by atoms with E-state index < -0.39 is 0 Å². The van der Waals surface area contributed by atoms with Gasteiger partial charge in [0.15, 0.2) is 0 Å². The minimum atomic E-state index is 0.169. The SMILES string of the molecule is NCC1CCCN1CC(=O)NCC1CC1. The zero-order chi connectivity index (χ0) is 10.7. The summed E-state index contributed by atoms with van der Waals surface area (Å²) in [6.45, 7) is 3.11. The fourth-order valence-corrected chi connectivity index (χ4v) is 2.19. The zero-order valence-corrected chi connectivity index (χ0v) is 9.24. The van der Waals surface area contributed by atoms with E-state index in [2.05, 4.69) is 10.2 Å². The average molecular weight is 211 g/mol. The zero-order valence-electron chi connectivity index (χ0n) is 9.24. The third kappa shape index (κ3) is 3.18. The third-order valence-electron chi connectivity index (χ3n) is 3.40. The molecular formula is C11H21N3O. The Kier molecular flexibility index (Phi) is 3.59. The molecule has 1 heterocycles. The number of carbonyl (C=O) groups excluding carboxylic acids is 1. The molecule has 4 heteroatoms. The minimum absolute atomic E-state index is 0.169. The highest BCUT2D eigenvalue weighted by molar-refractivity contribution is 5.78. The molecule has 3 N–H and O–H groups in total. The molecule has 0 spiro atoms. The van der Waals surface area contributed by atoms with E-state index in [1.54, 1.807) is 0 Å². The number of nitrogens with zero attached hydrogens (tertiary/aromatic N) is 1. The predicted octanol–water partition coefficient (Wildman–Crippen LogP) is -0.0643. The largest absolute Gasteiger partial charge is 0.355 e. The van der Waals surface area contributed by atoms with E-state index in [0.29, 0.717) is 19.1 Å². The van der Waals surface area contributed by atoms with Gasteiger partial charge in [-0.1, -0.05) is 0 Å². The normalized spacial score (nSPS) is 26.9. The van der Waals surface area contributed by atoms with Gasteiger partial charge in [0.2, 0.25) is 5.91 Å². The molecule has 0 radical (unpaired) electrons. The quantitative estimate of drug-likeness (QED) is 0.669. The molecule has 2 rings (SSSR count). The van der Waals surface area contributed by atoms with Crippen LogP contribution in [-0.4, -0.2) is 43.0 Å². The Morgan fingerprint density at radius 1 is 1.40 bits per heavy atom. The summed E-state index contributed by atoms with van der Waals surface area (Å²) < 4.78 is 0. The number of hydrogen-bond donors (Lipinski definition) is 2. The van der Waals surface area contributed by atoms with Gasteiger partial charge in [-0.3, -0.25) is 9.69 Å². The summed E-state index contributed by atoms with van der Waals surface area (Å²) in [7, 11) is 0. The van der Waals surface area contributed by atoms with Gasteiger partial charge in [0.05, 0.1) is 6.54 Å². The lowest BCUT2D eigenvalue weighted by molar-refractivity contribution is -0.122. The maximum atomic E-state index is 11.6. The number of carbonyl (C=O) groups is 1. The maximum absolute atomic E-state index is 11.6. The molecule has 1 atom stereocenters. The van der Waals surface area contributed by atoms with Crippen LogP contribution in [-0.2, 0) is 4.79 Å². The van der Waals surface area contributed by atoms with E-state index in [-0.39, 0.29) is 5.91 Å². The Morgan fingerprint density at radius 3 is 2.87 bits per heavy atom. The summed E-state index contributed by atoms with van der Waals surface area (Å²) >= 11 is 0. The first-order valence-corrected chi connectivity index (χ1v) is 6.00. The van der Waals surface area contributed by atoms with Crippen molar-refractivity contribution in [2.45, 2.75) is 31.7 Å². The first-order valence-electron chi connectivity index (χ1n) is 6.00. The Labute approximate surface area is 91.2 Å². The highest BCUT2D eigenvalue weighted by Crippen LogP contribution is 2.27. The fourth-order valence-electron chi connectivity index (χ4n) is 2.19. The third-order valence-corrected chi connectivity index (χ3v) is 3.40. The Hall–Kier alpha value is -0.610. The van der Waals surface area contributed by atoms with Gasteiger partial charge in [-0.2, -0.15) is 0 Å². The highest BCUT2D eigenvalue weighted by atomic mass is 16.2. The van der Waals surface area contributed by atoms with Gasteiger partial charge in [-0.25, -0.2) is 0 Å². The second kappa shape index (κ2) is 4.94. The average Bonchev–Trinajstić information content (AvgIpc) is 2.96. The summed E-state index contributed by atoms with van der Waals surface area (Å²) in [5, 5.41) is 2.99. The van der Waals surface area contributed by atoms with Crippen molar-refractivity contribution in [1.29, 1.82) is 0 Å². The van der Waals surface area contributed by atoms with E-state index >= 15 is 0 Å². The molecule has 86 valence electrons. The number of hydrogen-bond acceptors (Lipinski definition) is 3. The molecule has 2 fully saturated rings. The van der Waals surface area contributed by atoms with Crippen LogP contribution in [0.3, 0.4) is 0 Å². The monoisotopic (exact) mass is 211 g/mol. The van der Waals surface area contributed by atoms with Crippen LogP contribution in [0.15, 0.2) is 0 Å². The van der Waals surface area contributed by atoms with Crippen LogP contribution in [0.25, 0.3) is 0 Å². The Morgan fingerprint density at radius 2 is 2.20 bits per heavy atom. The van der Waals surface area contributed by atoms with E-state index in [9.17, 15) is 4.79 Å². The molecule has 4 nitrogen and oxygen atoms in total. The van der Waals surface area contributed by atoms with Crippen molar-refractivity contribution in [1.82, 2.24) is 10.2 Å². The fraction of sp³-hybridized carbons (Fsp3) is 0.909. The molecular weight excluding hydrogens is 190 g/mol. The predicted molar refractivity (Wildman–Crippen MR) is 59.4 cm³/mol. The first kappa shape index (κ1) is 10.9. The molecule has 0 aromatic rings. The number of amides is 1. The lowest BCUT2D eigenvalue weighted by Crippen LogP contribution is -2.42. The summed E-state index contributed by atoms with van der Waals surface area (Å²) in [4.78, 5) is 13.8. The first-order chi connectivity index (χ1) is 7.29. The molecule has 0 bridgehead atoms. The molecule has 1 aliphatic carbocycles. The second-order valence-electron chi connectivity index (χ2n) is 4.75. The number of likely N-dealkylation sites (tertiary alicyclic amines) is 1. The Bertz CT molecular complexity index is 228. The lowest BCUT2D eigenvalue weighted by atomic mass is 10.2. The van der Waals surface area contributed by atoms with Crippen LogP contribution >= 0.6 is 0 Å². The van der Waals surface area contributed by atoms with Gasteiger partial charge in [-0.05, 0) is 38.1 Å². The summed E-state index contributed by atoms with van der Waals surface area (Å²) in [6, 6.07) is 0.427. The molecule has 2 aliphatic rings. The molecule has 15 heavy (non-hydrogen) atoms. The van der Waals surface area contributed by atoms with Crippen molar-refractivity contribution < 1.29 is 4.79 Å². The highest BCUT2D eigenvalue weighted by Gasteiger charge is 2.26. The molecule has 1 aliphatic heterocycles. The topological polar surface area (TPSA) is 58.4 Å². The van der Waals surface area contributed by atoms with Crippen LogP contribution in [0.1, 0.15) is 25.7 Å². The van der Waals surface area contributed by atoms with Crippen LogP contribution in [0.2, 0.25) is 0 Å². The maximum Gasteiger partial charge on any atom is 0.234 e. The molecule has 1 amide bonds. The van der Waals surface area contributed by atoms with Gasteiger partial charge in [0.1, 0.15) is 0 Å². The summed E-state index contributed by atoms with van der Waals surface area (Å²) in [5.74, 6) is 0.931. The van der Waals surface area contributed by atoms with Gasteiger partial charge in [-0.15, -0.1) is 0 Å². The van der Waals surface area contributed by atoms with Crippen LogP contribution in [0.4, 0.5) is 0 Å². The van der Waals surface area contributed by atoms with Crippen molar-refractivity contribution in [2.75, 3.05) is 26.2 Å². The number of nitrogens with one attached hydrogen (secondary N) is 1. The van der Waals surface area contributed by atoms with Crippen molar-refractivity contribution >= 4 is 5.91 Å². The van der Waals surface area contributed by atoms with Crippen LogP contribution in [0.5, 0.6) is 0 Å². The van der Waals surface area contributed by atoms with Crippen LogP contribution < -0.4 is 11.1 Å². The summed E-state index contributed by atoms with van der Waals surface area (Å²) in [6.07, 6.45) is 4.90. The van der Waals surface area contributed by atoms with Gasteiger partial charge < -0.3 is 11.1 Å². The standard InChI is InChI=1S/C11H21N3O/c12-6-10-2-1-5-14(10)8-11(15)13-7-9-3-4-9/h9-10H,1-8,12H2,(H,13,15). The van der Waals surface area contributed by atoms with Gasteiger partial charge in [0.25, 0.3) is 0 Å². The van der Waals surface area contributed by atoms with Crippen molar-refractivity contribution in [3.8, 4) is 0 Å². The van der Waals surface area contributed by atoms with E-state index in [1.165, 1.54) is 19.3 Å². The molecule has 1 saturated carbocycles. The van der Waals surface area contributed by atoms with E-state index in [1.807, 2.05) is 0 Å². The molecule has 1 unspecified atom stereocenters. The number of nitrogens with two attached hydrogens (primary N) is 1. The van der Waals surface area contributed by atoms with Crippen LogP contribution in [0, 0.1) is 5.92 Å². The molecule has 0 aromatic carbocycles.